The molecule has 1 atom stereocenters. The predicted octanol–water partition coefficient (Wildman–Crippen LogP) is 2.63. The molecule has 16 heavy (non-hydrogen) atoms. The summed E-state index contributed by atoms with van der Waals surface area (Å²) in [6.45, 7) is 0. The Kier molecular flexibility index (Phi) is 3.13. The Balaban J connectivity index is 2.24. The smallest absolute Gasteiger partial charge is 0.311 e. The van der Waals surface area contributed by atoms with Gasteiger partial charge in [-0.1, -0.05) is 25.0 Å². The van der Waals surface area contributed by atoms with Crippen molar-refractivity contribution < 1.29 is 9.90 Å². The second-order valence-electron chi connectivity index (χ2n) is 4.53. The van der Waals surface area contributed by atoms with Crippen LogP contribution in [0.4, 0.5) is 5.69 Å². The number of hydrogen-bond acceptors (Lipinski definition) is 2. The van der Waals surface area contributed by atoms with Crippen molar-refractivity contribution in [2.45, 2.75) is 31.6 Å². The maximum absolute atomic E-state index is 11.3. The van der Waals surface area contributed by atoms with Crippen molar-refractivity contribution in [3.05, 3.63) is 29.8 Å². The van der Waals surface area contributed by atoms with Crippen LogP contribution in [0.5, 0.6) is 0 Å². The van der Waals surface area contributed by atoms with Crippen LogP contribution in [0.15, 0.2) is 24.3 Å². The van der Waals surface area contributed by atoms with Crippen molar-refractivity contribution >= 4 is 11.7 Å². The number of benzene rings is 1. The summed E-state index contributed by atoms with van der Waals surface area (Å²) in [7, 11) is 0. The maximum atomic E-state index is 11.3. The fraction of sp³-hybridized carbons (Fsp3) is 0.462. The molecule has 0 amide bonds. The maximum Gasteiger partial charge on any atom is 0.311 e. The molecule has 1 saturated carbocycles. The van der Waals surface area contributed by atoms with Gasteiger partial charge in [-0.3, -0.25) is 4.79 Å². The monoisotopic (exact) mass is 219 g/mol. The highest BCUT2D eigenvalue weighted by molar-refractivity contribution is 5.76. The number of carboxylic acids is 1. The Bertz CT molecular complexity index is 366. The third-order valence-corrected chi connectivity index (χ3v) is 3.43. The number of nitrogen functional groups attached to an aromatic ring is 1. The van der Waals surface area contributed by atoms with E-state index in [1.807, 2.05) is 12.1 Å². The van der Waals surface area contributed by atoms with Crippen molar-refractivity contribution in [3.8, 4) is 0 Å². The summed E-state index contributed by atoms with van der Waals surface area (Å²) < 4.78 is 0. The average molecular weight is 219 g/mol. The molecule has 1 aliphatic carbocycles. The van der Waals surface area contributed by atoms with E-state index in [1.54, 1.807) is 12.1 Å². The standard InChI is InChI=1S/C13H17NO2/c14-11-7-5-10(6-8-11)12(13(15)16)9-3-1-2-4-9/h5-9,12H,1-4,14H2,(H,15,16). The summed E-state index contributed by atoms with van der Waals surface area (Å²) in [5.41, 5.74) is 7.17. The molecular weight excluding hydrogens is 202 g/mol. The Morgan fingerprint density at radius 3 is 2.31 bits per heavy atom. The van der Waals surface area contributed by atoms with Gasteiger partial charge in [-0.05, 0) is 36.5 Å². The number of nitrogens with two attached hydrogens (primary N) is 1. The number of carboxylic acid groups (broad SMARTS) is 1. The van der Waals surface area contributed by atoms with Gasteiger partial charge in [0.05, 0.1) is 5.92 Å². The van der Waals surface area contributed by atoms with Gasteiger partial charge in [-0.25, -0.2) is 0 Å². The molecule has 3 N–H and O–H groups in total. The zero-order valence-corrected chi connectivity index (χ0v) is 9.23. The van der Waals surface area contributed by atoms with E-state index >= 15 is 0 Å². The van der Waals surface area contributed by atoms with Crippen LogP contribution < -0.4 is 5.73 Å². The lowest BCUT2D eigenvalue weighted by molar-refractivity contribution is -0.140. The highest BCUT2D eigenvalue weighted by atomic mass is 16.4. The SMILES string of the molecule is Nc1ccc(C(C(=O)O)C2CCCC2)cc1. The molecule has 3 heteroatoms. The summed E-state index contributed by atoms with van der Waals surface area (Å²) in [6, 6.07) is 7.24. The van der Waals surface area contributed by atoms with Crippen LogP contribution in [-0.4, -0.2) is 11.1 Å². The molecule has 86 valence electrons. The molecule has 3 nitrogen and oxygen atoms in total. The van der Waals surface area contributed by atoms with Crippen LogP contribution in [0.1, 0.15) is 37.2 Å². The first-order valence-corrected chi connectivity index (χ1v) is 5.76. The zero-order valence-electron chi connectivity index (χ0n) is 9.23. The van der Waals surface area contributed by atoms with Gasteiger partial charge >= 0.3 is 5.97 Å². The van der Waals surface area contributed by atoms with Crippen molar-refractivity contribution in [2.75, 3.05) is 5.73 Å². The highest BCUT2D eigenvalue weighted by Gasteiger charge is 2.31. The van der Waals surface area contributed by atoms with Crippen LogP contribution in [0.2, 0.25) is 0 Å². The van der Waals surface area contributed by atoms with Gasteiger partial charge in [0, 0.05) is 5.69 Å². The van der Waals surface area contributed by atoms with Gasteiger partial charge in [0.2, 0.25) is 0 Å². The number of carbonyl (C=O) groups is 1. The second-order valence-corrected chi connectivity index (χ2v) is 4.53. The Labute approximate surface area is 95.3 Å². The molecule has 1 aromatic carbocycles. The van der Waals surface area contributed by atoms with Crippen LogP contribution >= 0.6 is 0 Å². The van der Waals surface area contributed by atoms with E-state index in [0.717, 1.165) is 31.2 Å². The zero-order chi connectivity index (χ0) is 11.5. The highest BCUT2D eigenvalue weighted by Crippen LogP contribution is 2.37. The minimum atomic E-state index is -0.711. The third kappa shape index (κ3) is 2.18. The van der Waals surface area contributed by atoms with Crippen molar-refractivity contribution in [1.29, 1.82) is 0 Å². The first kappa shape index (κ1) is 11.0. The van der Waals surface area contributed by atoms with E-state index in [0.29, 0.717) is 11.6 Å². The number of rotatable bonds is 3. The molecule has 1 unspecified atom stereocenters. The molecule has 0 saturated heterocycles. The fourth-order valence-electron chi connectivity index (χ4n) is 2.61. The lowest BCUT2D eigenvalue weighted by Gasteiger charge is -2.19. The molecule has 0 radical (unpaired) electrons. The number of hydrogen-bond donors (Lipinski definition) is 2. The van der Waals surface area contributed by atoms with Gasteiger partial charge < -0.3 is 10.8 Å². The van der Waals surface area contributed by atoms with E-state index in [9.17, 15) is 9.90 Å². The van der Waals surface area contributed by atoms with Crippen molar-refractivity contribution in [2.24, 2.45) is 5.92 Å². The summed E-state index contributed by atoms with van der Waals surface area (Å²) in [5, 5.41) is 9.33. The predicted molar refractivity (Wildman–Crippen MR) is 63.2 cm³/mol. The summed E-state index contributed by atoms with van der Waals surface area (Å²) >= 11 is 0. The molecule has 1 aromatic rings. The Morgan fingerprint density at radius 2 is 1.81 bits per heavy atom. The lowest BCUT2D eigenvalue weighted by Crippen LogP contribution is -2.19. The Hall–Kier alpha value is -1.51. The van der Waals surface area contributed by atoms with E-state index < -0.39 is 5.97 Å². The minimum absolute atomic E-state index is 0.293. The number of anilines is 1. The van der Waals surface area contributed by atoms with Gasteiger partial charge in [-0.15, -0.1) is 0 Å². The fourth-order valence-corrected chi connectivity index (χ4v) is 2.61. The largest absolute Gasteiger partial charge is 0.481 e. The average Bonchev–Trinajstić information content (AvgIpc) is 2.74. The van der Waals surface area contributed by atoms with Crippen molar-refractivity contribution in [3.63, 3.8) is 0 Å². The van der Waals surface area contributed by atoms with E-state index in [2.05, 4.69) is 0 Å². The molecule has 0 bridgehead atoms. The van der Waals surface area contributed by atoms with Crippen LogP contribution in [0, 0.1) is 5.92 Å². The van der Waals surface area contributed by atoms with Gasteiger partial charge in [0.1, 0.15) is 0 Å². The lowest BCUT2D eigenvalue weighted by atomic mass is 9.85. The number of aliphatic carboxylic acids is 1. The molecule has 0 aliphatic heterocycles. The van der Waals surface area contributed by atoms with E-state index in [1.165, 1.54) is 0 Å². The molecule has 0 heterocycles. The Morgan fingerprint density at radius 1 is 1.25 bits per heavy atom. The first-order chi connectivity index (χ1) is 7.68. The summed E-state index contributed by atoms with van der Waals surface area (Å²) in [5.74, 6) is -0.777. The van der Waals surface area contributed by atoms with E-state index in [-0.39, 0.29) is 5.92 Å². The van der Waals surface area contributed by atoms with Crippen LogP contribution in [-0.2, 0) is 4.79 Å². The minimum Gasteiger partial charge on any atom is -0.481 e. The molecule has 1 aliphatic rings. The first-order valence-electron chi connectivity index (χ1n) is 5.76. The normalized spacial score (nSPS) is 18.5. The van der Waals surface area contributed by atoms with Gasteiger partial charge in [0.15, 0.2) is 0 Å². The molecule has 0 spiro atoms. The van der Waals surface area contributed by atoms with Gasteiger partial charge in [-0.2, -0.15) is 0 Å². The van der Waals surface area contributed by atoms with Crippen LogP contribution in [0.3, 0.4) is 0 Å². The van der Waals surface area contributed by atoms with Crippen molar-refractivity contribution in [1.82, 2.24) is 0 Å². The molecule has 2 rings (SSSR count). The van der Waals surface area contributed by atoms with Crippen LogP contribution in [0.25, 0.3) is 0 Å². The molecule has 1 fully saturated rings. The van der Waals surface area contributed by atoms with Gasteiger partial charge in [0.25, 0.3) is 0 Å². The second kappa shape index (κ2) is 4.56. The van der Waals surface area contributed by atoms with E-state index in [4.69, 9.17) is 5.73 Å². The summed E-state index contributed by atoms with van der Waals surface area (Å²) in [6.07, 6.45) is 4.37. The third-order valence-electron chi connectivity index (χ3n) is 3.43. The molecule has 0 aromatic heterocycles. The molecular formula is C13H17NO2. The topological polar surface area (TPSA) is 63.3 Å². The summed E-state index contributed by atoms with van der Waals surface area (Å²) in [4.78, 5) is 11.3. The quantitative estimate of drug-likeness (QED) is 0.768.